The van der Waals surface area contributed by atoms with Crippen LogP contribution in [0.1, 0.15) is 36.8 Å². The zero-order chi connectivity index (χ0) is 15.8. The molecule has 1 N–H and O–H groups in total. The highest BCUT2D eigenvalue weighted by atomic mass is 16.5. The van der Waals surface area contributed by atoms with Gasteiger partial charge >= 0.3 is 5.97 Å². The highest BCUT2D eigenvalue weighted by Crippen LogP contribution is 2.22. The number of benzene rings is 2. The number of hydrogen-bond acceptors (Lipinski definition) is 2. The number of aliphatic carboxylic acids is 1. The molecule has 0 aliphatic carbocycles. The van der Waals surface area contributed by atoms with Crippen molar-refractivity contribution in [1.29, 1.82) is 0 Å². The van der Waals surface area contributed by atoms with Gasteiger partial charge in [-0.3, -0.25) is 4.79 Å². The van der Waals surface area contributed by atoms with Gasteiger partial charge in [-0.2, -0.15) is 0 Å². The van der Waals surface area contributed by atoms with Crippen LogP contribution in [0.25, 0.3) is 0 Å². The van der Waals surface area contributed by atoms with Crippen molar-refractivity contribution in [2.45, 2.75) is 32.1 Å². The standard InChI is InChI=1S/C19H22O3/c1-2-15-8-6-11-17(14-15)22-13-7-12-18(19(20)21)16-9-4-3-5-10-16/h3-6,8-11,14,18H,2,7,12-13H2,1H3,(H,20,21). The molecule has 0 heterocycles. The smallest absolute Gasteiger partial charge is 0.310 e. The van der Waals surface area contributed by atoms with E-state index in [9.17, 15) is 9.90 Å². The zero-order valence-corrected chi connectivity index (χ0v) is 12.9. The quantitative estimate of drug-likeness (QED) is 0.740. The number of aryl methyl sites for hydroxylation is 1. The summed E-state index contributed by atoms with van der Waals surface area (Å²) in [4.78, 5) is 11.4. The molecule has 0 aliphatic rings. The molecule has 22 heavy (non-hydrogen) atoms. The minimum atomic E-state index is -0.779. The molecule has 0 fully saturated rings. The van der Waals surface area contributed by atoms with Gasteiger partial charge in [-0.25, -0.2) is 0 Å². The van der Waals surface area contributed by atoms with Crippen molar-refractivity contribution in [2.24, 2.45) is 0 Å². The van der Waals surface area contributed by atoms with Crippen LogP contribution in [0.15, 0.2) is 54.6 Å². The molecule has 3 nitrogen and oxygen atoms in total. The van der Waals surface area contributed by atoms with Crippen LogP contribution in [0.5, 0.6) is 5.75 Å². The Morgan fingerprint density at radius 2 is 1.91 bits per heavy atom. The summed E-state index contributed by atoms with van der Waals surface area (Å²) in [7, 11) is 0. The molecule has 0 aromatic heterocycles. The molecule has 0 aliphatic heterocycles. The van der Waals surface area contributed by atoms with Crippen LogP contribution < -0.4 is 4.74 Å². The molecule has 1 unspecified atom stereocenters. The summed E-state index contributed by atoms with van der Waals surface area (Å²) in [6.07, 6.45) is 2.27. The van der Waals surface area contributed by atoms with E-state index in [2.05, 4.69) is 13.0 Å². The fraction of sp³-hybridized carbons (Fsp3) is 0.316. The molecule has 2 rings (SSSR count). The van der Waals surface area contributed by atoms with Crippen LogP contribution in [0.4, 0.5) is 0 Å². The third-order valence-electron chi connectivity index (χ3n) is 3.71. The van der Waals surface area contributed by atoms with Crippen LogP contribution >= 0.6 is 0 Å². The van der Waals surface area contributed by atoms with E-state index < -0.39 is 11.9 Å². The Balaban J connectivity index is 1.85. The fourth-order valence-electron chi connectivity index (χ4n) is 2.45. The van der Waals surface area contributed by atoms with E-state index in [4.69, 9.17) is 4.74 Å². The Morgan fingerprint density at radius 3 is 2.59 bits per heavy atom. The van der Waals surface area contributed by atoms with Crippen LogP contribution in [0, 0.1) is 0 Å². The number of carbonyl (C=O) groups is 1. The number of rotatable bonds is 8. The Bertz CT molecular complexity index is 593. The molecule has 2 aromatic rings. The SMILES string of the molecule is CCc1cccc(OCCCC(C(=O)O)c2ccccc2)c1. The minimum Gasteiger partial charge on any atom is -0.494 e. The van der Waals surface area contributed by atoms with Crippen LogP contribution in [-0.4, -0.2) is 17.7 Å². The van der Waals surface area contributed by atoms with Crippen LogP contribution in [0.2, 0.25) is 0 Å². The van der Waals surface area contributed by atoms with Crippen molar-refractivity contribution in [3.05, 3.63) is 65.7 Å². The monoisotopic (exact) mass is 298 g/mol. The van der Waals surface area contributed by atoms with Crippen molar-refractivity contribution in [1.82, 2.24) is 0 Å². The molecule has 1 atom stereocenters. The van der Waals surface area contributed by atoms with Crippen LogP contribution in [-0.2, 0) is 11.2 Å². The summed E-state index contributed by atoms with van der Waals surface area (Å²) < 4.78 is 5.72. The summed E-state index contributed by atoms with van der Waals surface area (Å²) in [5, 5.41) is 9.37. The third-order valence-corrected chi connectivity index (χ3v) is 3.71. The average Bonchev–Trinajstić information content (AvgIpc) is 2.55. The predicted molar refractivity (Wildman–Crippen MR) is 87.4 cm³/mol. The molecule has 0 saturated carbocycles. The van der Waals surface area contributed by atoms with E-state index in [1.165, 1.54) is 5.56 Å². The van der Waals surface area contributed by atoms with E-state index in [1.807, 2.05) is 48.5 Å². The van der Waals surface area contributed by atoms with Crippen molar-refractivity contribution in [3.63, 3.8) is 0 Å². The fourth-order valence-corrected chi connectivity index (χ4v) is 2.45. The molecule has 0 amide bonds. The average molecular weight is 298 g/mol. The second-order valence-corrected chi connectivity index (χ2v) is 5.29. The second-order valence-electron chi connectivity index (χ2n) is 5.29. The van der Waals surface area contributed by atoms with Gasteiger partial charge in [-0.05, 0) is 42.5 Å². The van der Waals surface area contributed by atoms with Gasteiger partial charge in [-0.15, -0.1) is 0 Å². The van der Waals surface area contributed by atoms with E-state index in [-0.39, 0.29) is 0 Å². The molecule has 0 bridgehead atoms. The highest BCUT2D eigenvalue weighted by molar-refractivity contribution is 5.75. The number of carboxylic acid groups (broad SMARTS) is 1. The van der Waals surface area contributed by atoms with Gasteiger partial charge in [0.05, 0.1) is 12.5 Å². The molecule has 116 valence electrons. The topological polar surface area (TPSA) is 46.5 Å². The summed E-state index contributed by atoms with van der Waals surface area (Å²) in [5.41, 5.74) is 2.09. The van der Waals surface area contributed by atoms with E-state index >= 15 is 0 Å². The molecule has 2 aromatic carbocycles. The summed E-state index contributed by atoms with van der Waals surface area (Å²) in [5.74, 6) is -0.392. The first-order valence-electron chi connectivity index (χ1n) is 7.70. The molecular weight excluding hydrogens is 276 g/mol. The van der Waals surface area contributed by atoms with Gasteiger partial charge in [0, 0.05) is 0 Å². The molecule has 0 spiro atoms. The van der Waals surface area contributed by atoms with E-state index in [0.717, 1.165) is 17.7 Å². The largest absolute Gasteiger partial charge is 0.494 e. The predicted octanol–water partition coefficient (Wildman–Crippen LogP) is 4.28. The normalized spacial score (nSPS) is 11.9. The molecule has 3 heteroatoms. The lowest BCUT2D eigenvalue weighted by molar-refractivity contribution is -0.139. The van der Waals surface area contributed by atoms with Gasteiger partial charge in [0.25, 0.3) is 0 Å². The molecule has 0 radical (unpaired) electrons. The first-order chi connectivity index (χ1) is 10.7. The van der Waals surface area contributed by atoms with Crippen molar-refractivity contribution >= 4 is 5.97 Å². The first kappa shape index (κ1) is 16.1. The maximum atomic E-state index is 11.4. The number of ether oxygens (including phenoxy) is 1. The van der Waals surface area contributed by atoms with Crippen molar-refractivity contribution in [3.8, 4) is 5.75 Å². The Labute approximate surface area is 131 Å². The third kappa shape index (κ3) is 4.62. The maximum absolute atomic E-state index is 11.4. The van der Waals surface area contributed by atoms with E-state index in [1.54, 1.807) is 0 Å². The van der Waals surface area contributed by atoms with Crippen molar-refractivity contribution in [2.75, 3.05) is 6.61 Å². The second kappa shape index (κ2) is 8.23. The number of hydrogen-bond donors (Lipinski definition) is 1. The summed E-state index contributed by atoms with van der Waals surface area (Å²) in [6, 6.07) is 17.4. The van der Waals surface area contributed by atoms with Crippen LogP contribution in [0.3, 0.4) is 0 Å². The highest BCUT2D eigenvalue weighted by Gasteiger charge is 2.18. The maximum Gasteiger partial charge on any atom is 0.310 e. The minimum absolute atomic E-state index is 0.466. The zero-order valence-electron chi connectivity index (χ0n) is 12.9. The summed E-state index contributed by atoms with van der Waals surface area (Å²) in [6.45, 7) is 2.64. The Hall–Kier alpha value is -2.29. The van der Waals surface area contributed by atoms with Gasteiger partial charge in [0.1, 0.15) is 5.75 Å². The lowest BCUT2D eigenvalue weighted by atomic mass is 9.94. The Morgan fingerprint density at radius 1 is 1.14 bits per heavy atom. The van der Waals surface area contributed by atoms with E-state index in [0.29, 0.717) is 19.4 Å². The molecular formula is C19H22O3. The van der Waals surface area contributed by atoms with Gasteiger partial charge in [0.15, 0.2) is 0 Å². The number of carboxylic acids is 1. The van der Waals surface area contributed by atoms with Gasteiger partial charge in [-0.1, -0.05) is 49.4 Å². The van der Waals surface area contributed by atoms with Gasteiger partial charge < -0.3 is 9.84 Å². The lowest BCUT2D eigenvalue weighted by Gasteiger charge is -2.13. The summed E-state index contributed by atoms with van der Waals surface area (Å²) >= 11 is 0. The Kier molecular flexibility index (Phi) is 6.01. The van der Waals surface area contributed by atoms with Gasteiger partial charge in [0.2, 0.25) is 0 Å². The first-order valence-corrected chi connectivity index (χ1v) is 7.70. The molecule has 0 saturated heterocycles. The van der Waals surface area contributed by atoms with Crippen molar-refractivity contribution < 1.29 is 14.6 Å². The lowest BCUT2D eigenvalue weighted by Crippen LogP contribution is -2.13.